The van der Waals surface area contributed by atoms with Crippen molar-refractivity contribution in [1.82, 2.24) is 0 Å². The molecule has 0 heterocycles. The van der Waals surface area contributed by atoms with Crippen LogP contribution in [0.15, 0.2) is 24.3 Å². The molecule has 0 aliphatic heterocycles. The van der Waals surface area contributed by atoms with Crippen LogP contribution in [-0.4, -0.2) is 26.4 Å². The Morgan fingerprint density at radius 1 is 1.12 bits per heavy atom. The second kappa shape index (κ2) is 8.23. The predicted octanol–water partition coefficient (Wildman–Crippen LogP) is 2.44. The molecule has 1 aromatic carbocycles. The van der Waals surface area contributed by atoms with E-state index >= 15 is 0 Å². The van der Waals surface area contributed by atoms with Crippen LogP contribution in [0.2, 0.25) is 0 Å². The normalized spacial score (nSPS) is 12.6. The third kappa shape index (κ3) is 5.31. The molecule has 1 aromatic rings. The van der Waals surface area contributed by atoms with Crippen molar-refractivity contribution in [2.24, 2.45) is 5.73 Å². The van der Waals surface area contributed by atoms with E-state index in [0.717, 1.165) is 18.6 Å². The van der Waals surface area contributed by atoms with Crippen molar-refractivity contribution >= 4 is 0 Å². The Hall–Kier alpha value is -0.900. The highest BCUT2D eigenvalue weighted by molar-refractivity contribution is 5.23. The first-order chi connectivity index (χ1) is 8.27. The lowest BCUT2D eigenvalue weighted by atomic mass is 10.1. The summed E-state index contributed by atoms with van der Waals surface area (Å²) in [5.74, 6) is 0. The Kier molecular flexibility index (Phi) is 6.86. The van der Waals surface area contributed by atoms with Crippen LogP contribution in [0.1, 0.15) is 30.6 Å². The largest absolute Gasteiger partial charge is 0.379 e. The van der Waals surface area contributed by atoms with Crippen molar-refractivity contribution in [2.45, 2.75) is 26.4 Å². The van der Waals surface area contributed by atoms with Gasteiger partial charge in [0.15, 0.2) is 0 Å². The van der Waals surface area contributed by atoms with Crippen molar-refractivity contribution in [3.05, 3.63) is 35.4 Å². The molecule has 0 aliphatic carbocycles. The van der Waals surface area contributed by atoms with Crippen molar-refractivity contribution in [1.29, 1.82) is 0 Å². The molecule has 0 fully saturated rings. The molecule has 0 saturated carbocycles. The molecular weight excluding hydrogens is 214 g/mol. The minimum atomic E-state index is -0.0270. The Morgan fingerprint density at radius 2 is 1.82 bits per heavy atom. The minimum Gasteiger partial charge on any atom is -0.379 e. The van der Waals surface area contributed by atoms with Gasteiger partial charge in [0.1, 0.15) is 0 Å². The minimum absolute atomic E-state index is 0.0270. The molecule has 1 atom stereocenters. The maximum absolute atomic E-state index is 5.72. The Bertz CT molecular complexity index is 298. The number of nitrogens with two attached hydrogens (primary N) is 1. The number of ether oxygens (including phenoxy) is 2. The number of hydrogen-bond acceptors (Lipinski definition) is 3. The van der Waals surface area contributed by atoms with E-state index in [1.54, 1.807) is 0 Å². The zero-order valence-electron chi connectivity index (χ0n) is 10.8. The van der Waals surface area contributed by atoms with Crippen LogP contribution in [-0.2, 0) is 9.47 Å². The molecule has 3 nitrogen and oxygen atoms in total. The number of rotatable bonds is 8. The standard InChI is InChI=1S/C14H23NO2/c1-3-8-16-9-10-17-14(11-15)13-6-4-12(2)5-7-13/h4-7,14H,3,8-11,15H2,1-2H3. The Balaban J connectivity index is 2.35. The topological polar surface area (TPSA) is 44.5 Å². The van der Waals surface area contributed by atoms with E-state index in [2.05, 4.69) is 38.1 Å². The third-order valence-corrected chi connectivity index (χ3v) is 2.56. The zero-order chi connectivity index (χ0) is 12.5. The highest BCUT2D eigenvalue weighted by atomic mass is 16.5. The summed E-state index contributed by atoms with van der Waals surface area (Å²) in [7, 11) is 0. The van der Waals surface area contributed by atoms with Crippen LogP contribution in [0.25, 0.3) is 0 Å². The number of benzene rings is 1. The molecule has 0 aromatic heterocycles. The molecule has 0 radical (unpaired) electrons. The first kappa shape index (κ1) is 14.2. The maximum atomic E-state index is 5.72. The average molecular weight is 237 g/mol. The maximum Gasteiger partial charge on any atom is 0.0948 e. The molecule has 17 heavy (non-hydrogen) atoms. The van der Waals surface area contributed by atoms with Crippen molar-refractivity contribution in [3.63, 3.8) is 0 Å². The van der Waals surface area contributed by atoms with E-state index in [4.69, 9.17) is 15.2 Å². The Morgan fingerprint density at radius 3 is 2.41 bits per heavy atom. The fourth-order valence-electron chi connectivity index (χ4n) is 1.58. The summed E-state index contributed by atoms with van der Waals surface area (Å²) in [6.07, 6.45) is 1.01. The summed E-state index contributed by atoms with van der Waals surface area (Å²) in [5.41, 5.74) is 8.10. The Labute approximate surface area is 104 Å². The van der Waals surface area contributed by atoms with E-state index in [1.165, 1.54) is 5.56 Å². The van der Waals surface area contributed by atoms with Gasteiger partial charge >= 0.3 is 0 Å². The molecule has 0 saturated heterocycles. The molecule has 1 rings (SSSR count). The van der Waals surface area contributed by atoms with E-state index in [9.17, 15) is 0 Å². The smallest absolute Gasteiger partial charge is 0.0948 e. The average Bonchev–Trinajstić information content (AvgIpc) is 2.35. The van der Waals surface area contributed by atoms with Gasteiger partial charge in [0, 0.05) is 13.2 Å². The van der Waals surface area contributed by atoms with Crippen molar-refractivity contribution in [2.75, 3.05) is 26.4 Å². The van der Waals surface area contributed by atoms with Crippen LogP contribution < -0.4 is 5.73 Å². The molecule has 3 heteroatoms. The van der Waals surface area contributed by atoms with Gasteiger partial charge in [-0.15, -0.1) is 0 Å². The highest BCUT2D eigenvalue weighted by Crippen LogP contribution is 2.16. The molecule has 2 N–H and O–H groups in total. The van der Waals surface area contributed by atoms with Gasteiger partial charge in [-0.25, -0.2) is 0 Å². The quantitative estimate of drug-likeness (QED) is 0.706. The SMILES string of the molecule is CCCOCCOC(CN)c1ccc(C)cc1. The van der Waals surface area contributed by atoms with Gasteiger partial charge in [0.25, 0.3) is 0 Å². The molecule has 0 amide bonds. The van der Waals surface area contributed by atoms with Gasteiger partial charge in [-0.1, -0.05) is 36.8 Å². The second-order valence-electron chi connectivity index (χ2n) is 4.12. The lowest BCUT2D eigenvalue weighted by Crippen LogP contribution is -2.18. The summed E-state index contributed by atoms with van der Waals surface area (Å²) in [6.45, 7) is 6.68. The third-order valence-electron chi connectivity index (χ3n) is 2.56. The van der Waals surface area contributed by atoms with E-state index in [-0.39, 0.29) is 6.10 Å². The monoisotopic (exact) mass is 237 g/mol. The lowest BCUT2D eigenvalue weighted by molar-refractivity contribution is 0.00765. The van der Waals surface area contributed by atoms with Crippen LogP contribution in [0.4, 0.5) is 0 Å². The first-order valence-electron chi connectivity index (χ1n) is 6.24. The fraction of sp³-hybridized carbons (Fsp3) is 0.571. The summed E-state index contributed by atoms with van der Waals surface area (Å²) in [4.78, 5) is 0. The van der Waals surface area contributed by atoms with E-state index in [0.29, 0.717) is 19.8 Å². The predicted molar refractivity (Wildman–Crippen MR) is 70.0 cm³/mol. The van der Waals surface area contributed by atoms with E-state index < -0.39 is 0 Å². The highest BCUT2D eigenvalue weighted by Gasteiger charge is 2.09. The van der Waals surface area contributed by atoms with Crippen LogP contribution in [0.5, 0.6) is 0 Å². The van der Waals surface area contributed by atoms with Crippen LogP contribution >= 0.6 is 0 Å². The lowest BCUT2D eigenvalue weighted by Gasteiger charge is -2.16. The summed E-state index contributed by atoms with van der Waals surface area (Å²) in [6, 6.07) is 8.30. The van der Waals surface area contributed by atoms with Crippen LogP contribution in [0, 0.1) is 6.92 Å². The van der Waals surface area contributed by atoms with E-state index in [1.807, 2.05) is 0 Å². The zero-order valence-corrected chi connectivity index (χ0v) is 10.8. The molecular formula is C14H23NO2. The summed E-state index contributed by atoms with van der Waals surface area (Å²) in [5, 5.41) is 0. The van der Waals surface area contributed by atoms with Gasteiger partial charge in [0.2, 0.25) is 0 Å². The van der Waals surface area contributed by atoms with Crippen molar-refractivity contribution < 1.29 is 9.47 Å². The second-order valence-corrected chi connectivity index (χ2v) is 4.12. The van der Waals surface area contributed by atoms with Gasteiger partial charge in [-0.05, 0) is 18.9 Å². The van der Waals surface area contributed by atoms with Gasteiger partial charge in [-0.3, -0.25) is 0 Å². The first-order valence-corrected chi connectivity index (χ1v) is 6.24. The van der Waals surface area contributed by atoms with Crippen LogP contribution in [0.3, 0.4) is 0 Å². The number of aryl methyl sites for hydroxylation is 1. The molecule has 1 unspecified atom stereocenters. The summed E-state index contributed by atoms with van der Waals surface area (Å²) >= 11 is 0. The van der Waals surface area contributed by atoms with Gasteiger partial charge in [-0.2, -0.15) is 0 Å². The number of hydrogen-bond donors (Lipinski definition) is 1. The van der Waals surface area contributed by atoms with Gasteiger partial charge in [0.05, 0.1) is 19.3 Å². The fourth-order valence-corrected chi connectivity index (χ4v) is 1.58. The molecule has 0 spiro atoms. The van der Waals surface area contributed by atoms with Crippen molar-refractivity contribution in [3.8, 4) is 0 Å². The molecule has 0 aliphatic rings. The van der Waals surface area contributed by atoms with Gasteiger partial charge < -0.3 is 15.2 Å². The molecule has 96 valence electrons. The summed E-state index contributed by atoms with van der Waals surface area (Å²) < 4.78 is 11.1. The molecule has 0 bridgehead atoms.